The molecular weight excluding hydrogens is 465 g/mol. The number of hydrogen-bond acceptors (Lipinski definition) is 6. The number of thiazole rings is 1. The third kappa shape index (κ3) is 4.55. The minimum Gasteiger partial charge on any atom is -0.497 e. The quantitative estimate of drug-likeness (QED) is 0.395. The van der Waals surface area contributed by atoms with Crippen LogP contribution in [0.1, 0.15) is 0 Å². The van der Waals surface area contributed by atoms with Crippen molar-refractivity contribution in [2.75, 3.05) is 45.2 Å². The summed E-state index contributed by atoms with van der Waals surface area (Å²) in [4.78, 5) is 12.0. The third-order valence-electron chi connectivity index (χ3n) is 5.93. The van der Waals surface area contributed by atoms with Gasteiger partial charge in [0.15, 0.2) is 0 Å². The Kier molecular flexibility index (Phi) is 5.86. The van der Waals surface area contributed by atoms with Crippen molar-refractivity contribution in [1.29, 1.82) is 0 Å². The fraction of sp³-hybridized carbons (Fsp3) is 0.292. The first kappa shape index (κ1) is 22.5. The highest BCUT2D eigenvalue weighted by molar-refractivity contribution is 7.13. The van der Waals surface area contributed by atoms with Crippen LogP contribution >= 0.6 is 11.3 Å². The van der Waals surface area contributed by atoms with Crippen LogP contribution in [0, 0.1) is 0 Å². The number of anilines is 1. The van der Waals surface area contributed by atoms with Crippen LogP contribution in [0.15, 0.2) is 47.8 Å². The number of methoxy groups -OCH3 is 1. The third-order valence-corrected chi connectivity index (χ3v) is 6.82. The summed E-state index contributed by atoms with van der Waals surface area (Å²) in [6, 6.07) is 13.1. The molecule has 0 unspecified atom stereocenters. The standard InChI is InChI=1S/C24H23F3N4O2S/c1-30-9-11-31(12-10-30)16-5-3-15(4-6-16)23-29-20(14-34-23)21-18-13-17(32-2)7-8-19(18)28-22(21)33-24(25,26)27/h3-8,13-14,28H,9-12H2,1-2H3. The number of likely N-dealkylation sites (N-methyl/N-ethyl adjacent to an activating group) is 1. The summed E-state index contributed by atoms with van der Waals surface area (Å²) in [6.45, 7) is 4.00. The van der Waals surface area contributed by atoms with Gasteiger partial charge < -0.3 is 24.3 Å². The SMILES string of the molecule is COc1ccc2[nH]c(OC(F)(F)F)c(-c3csc(-c4ccc(N5CCN(C)CC5)cc4)n3)c2c1. The minimum absolute atomic E-state index is 0.253. The number of rotatable bonds is 5. The Balaban J connectivity index is 1.48. The molecule has 0 spiro atoms. The molecule has 10 heteroatoms. The fourth-order valence-corrected chi connectivity index (χ4v) is 4.94. The van der Waals surface area contributed by atoms with Gasteiger partial charge in [0.2, 0.25) is 5.88 Å². The number of aromatic nitrogens is 2. The Hall–Kier alpha value is -3.24. The largest absolute Gasteiger partial charge is 0.574 e. The number of H-pyrrole nitrogens is 1. The summed E-state index contributed by atoms with van der Waals surface area (Å²) < 4.78 is 48.9. The molecule has 0 aliphatic carbocycles. The Bertz CT molecular complexity index is 1290. The van der Waals surface area contributed by atoms with Gasteiger partial charge in [0.1, 0.15) is 10.8 Å². The average Bonchev–Trinajstić information content (AvgIpc) is 3.42. The highest BCUT2D eigenvalue weighted by atomic mass is 32.1. The monoisotopic (exact) mass is 488 g/mol. The van der Waals surface area contributed by atoms with E-state index in [4.69, 9.17) is 4.74 Å². The predicted molar refractivity (Wildman–Crippen MR) is 128 cm³/mol. The van der Waals surface area contributed by atoms with Crippen LogP contribution in [0.2, 0.25) is 0 Å². The highest BCUT2D eigenvalue weighted by Crippen LogP contribution is 2.42. The molecule has 0 saturated carbocycles. The Morgan fingerprint density at radius 2 is 1.76 bits per heavy atom. The topological polar surface area (TPSA) is 53.6 Å². The first-order chi connectivity index (χ1) is 16.3. The van der Waals surface area contributed by atoms with Crippen LogP contribution in [0.4, 0.5) is 18.9 Å². The maximum atomic E-state index is 13.1. The number of ether oxygens (including phenoxy) is 2. The summed E-state index contributed by atoms with van der Waals surface area (Å²) in [5, 5.41) is 3.01. The highest BCUT2D eigenvalue weighted by Gasteiger charge is 2.34. The molecule has 6 nitrogen and oxygen atoms in total. The number of nitrogens with zero attached hydrogens (tertiary/aromatic N) is 3. The van der Waals surface area contributed by atoms with Crippen molar-refractivity contribution in [2.45, 2.75) is 6.36 Å². The summed E-state index contributed by atoms with van der Waals surface area (Å²) in [5.74, 6) is 0.138. The molecule has 178 valence electrons. The lowest BCUT2D eigenvalue weighted by Crippen LogP contribution is -2.44. The molecule has 34 heavy (non-hydrogen) atoms. The van der Waals surface area contributed by atoms with Gasteiger partial charge in [0.25, 0.3) is 0 Å². The van der Waals surface area contributed by atoms with Gasteiger partial charge in [0, 0.05) is 53.7 Å². The summed E-state index contributed by atoms with van der Waals surface area (Å²) >= 11 is 1.37. The molecule has 1 saturated heterocycles. The second-order valence-corrected chi connectivity index (χ2v) is 9.02. The lowest BCUT2D eigenvalue weighted by molar-refractivity contribution is -0.275. The first-order valence-corrected chi connectivity index (χ1v) is 11.6. The van der Waals surface area contributed by atoms with E-state index in [0.29, 0.717) is 22.3 Å². The number of fused-ring (bicyclic) bond motifs is 1. The van der Waals surface area contributed by atoms with Gasteiger partial charge in [-0.05, 0) is 49.5 Å². The molecule has 2 aromatic carbocycles. The van der Waals surface area contributed by atoms with Crippen LogP contribution in [0.3, 0.4) is 0 Å². The fourth-order valence-electron chi connectivity index (χ4n) is 4.12. The maximum absolute atomic E-state index is 13.1. The van der Waals surface area contributed by atoms with Crippen LogP contribution in [0.25, 0.3) is 32.7 Å². The molecule has 0 bridgehead atoms. The lowest BCUT2D eigenvalue weighted by Gasteiger charge is -2.34. The zero-order valence-corrected chi connectivity index (χ0v) is 19.5. The zero-order valence-electron chi connectivity index (χ0n) is 18.6. The number of alkyl halides is 3. The number of halogens is 3. The molecule has 2 aromatic heterocycles. The minimum atomic E-state index is -4.84. The van der Waals surface area contributed by atoms with Crippen molar-refractivity contribution in [2.24, 2.45) is 0 Å². The lowest BCUT2D eigenvalue weighted by atomic mass is 10.1. The number of benzene rings is 2. The smallest absolute Gasteiger partial charge is 0.497 e. The predicted octanol–water partition coefficient (Wildman–Crippen LogP) is 5.62. The van der Waals surface area contributed by atoms with E-state index in [0.717, 1.165) is 42.4 Å². The van der Waals surface area contributed by atoms with Gasteiger partial charge in [-0.15, -0.1) is 24.5 Å². The number of nitrogens with one attached hydrogen (secondary N) is 1. The van der Waals surface area contributed by atoms with Crippen molar-refractivity contribution in [1.82, 2.24) is 14.9 Å². The molecule has 1 aliphatic rings. The van der Waals surface area contributed by atoms with E-state index in [-0.39, 0.29) is 5.56 Å². The summed E-state index contributed by atoms with van der Waals surface area (Å²) in [7, 11) is 3.63. The van der Waals surface area contributed by atoms with E-state index in [1.54, 1.807) is 23.6 Å². The van der Waals surface area contributed by atoms with E-state index in [9.17, 15) is 13.2 Å². The van der Waals surface area contributed by atoms with Crippen molar-refractivity contribution in [3.05, 3.63) is 47.8 Å². The van der Waals surface area contributed by atoms with Gasteiger partial charge >= 0.3 is 6.36 Å². The van der Waals surface area contributed by atoms with Crippen molar-refractivity contribution < 1.29 is 22.6 Å². The van der Waals surface area contributed by atoms with Gasteiger partial charge in [-0.2, -0.15) is 0 Å². The number of hydrogen-bond donors (Lipinski definition) is 1. The molecule has 5 rings (SSSR count). The second-order valence-electron chi connectivity index (χ2n) is 8.16. The van der Waals surface area contributed by atoms with Gasteiger partial charge in [-0.25, -0.2) is 4.98 Å². The molecule has 4 aromatic rings. The second kappa shape index (κ2) is 8.84. The van der Waals surface area contributed by atoms with E-state index in [1.807, 2.05) is 12.1 Å². The van der Waals surface area contributed by atoms with Crippen molar-refractivity contribution in [3.8, 4) is 33.5 Å². The van der Waals surface area contributed by atoms with Gasteiger partial charge in [-0.3, -0.25) is 0 Å². The van der Waals surface area contributed by atoms with Crippen LogP contribution in [0.5, 0.6) is 11.6 Å². The maximum Gasteiger partial charge on any atom is 0.574 e. The van der Waals surface area contributed by atoms with E-state index in [2.05, 4.69) is 43.7 Å². The molecule has 0 radical (unpaired) electrons. The van der Waals surface area contributed by atoms with Gasteiger partial charge in [0.05, 0.1) is 18.4 Å². The van der Waals surface area contributed by atoms with Crippen molar-refractivity contribution >= 4 is 27.9 Å². The molecular formula is C24H23F3N4O2S. The van der Waals surface area contributed by atoms with E-state index >= 15 is 0 Å². The van der Waals surface area contributed by atoms with Crippen LogP contribution in [-0.2, 0) is 0 Å². The molecule has 0 atom stereocenters. The van der Waals surface area contributed by atoms with E-state index < -0.39 is 12.2 Å². The molecule has 3 heterocycles. The number of piperazine rings is 1. The van der Waals surface area contributed by atoms with Crippen LogP contribution in [-0.4, -0.2) is 61.6 Å². The average molecular weight is 489 g/mol. The summed E-state index contributed by atoms with van der Waals surface area (Å²) in [5.41, 5.74) is 3.22. The van der Waals surface area contributed by atoms with Crippen LogP contribution < -0.4 is 14.4 Å². The zero-order chi connectivity index (χ0) is 23.9. The molecule has 0 amide bonds. The Morgan fingerprint density at radius 3 is 2.44 bits per heavy atom. The van der Waals surface area contributed by atoms with Crippen molar-refractivity contribution in [3.63, 3.8) is 0 Å². The van der Waals surface area contributed by atoms with E-state index in [1.165, 1.54) is 18.4 Å². The summed E-state index contributed by atoms with van der Waals surface area (Å²) in [6.07, 6.45) is -4.84. The molecule has 1 N–H and O–H groups in total. The molecule has 1 fully saturated rings. The molecule has 1 aliphatic heterocycles. The Labute approximate surface area is 198 Å². The first-order valence-electron chi connectivity index (χ1n) is 10.8. The number of aromatic amines is 1. The normalized spacial score (nSPS) is 15.1. The Morgan fingerprint density at radius 1 is 1.03 bits per heavy atom. The van der Waals surface area contributed by atoms with Gasteiger partial charge in [-0.1, -0.05) is 0 Å².